The van der Waals surface area contributed by atoms with Gasteiger partial charge >= 0.3 is 0 Å². The third-order valence-electron chi connectivity index (χ3n) is 2.93. The molecule has 3 heteroatoms. The molecule has 0 saturated carbocycles. The predicted octanol–water partition coefficient (Wildman–Crippen LogP) is 4.59. The van der Waals surface area contributed by atoms with Crippen molar-refractivity contribution in [1.29, 1.82) is 0 Å². The van der Waals surface area contributed by atoms with Gasteiger partial charge in [0.15, 0.2) is 0 Å². The Kier molecular flexibility index (Phi) is 3.85. The van der Waals surface area contributed by atoms with E-state index in [9.17, 15) is 0 Å². The lowest BCUT2D eigenvalue weighted by atomic mass is 10.0. The molecular weight excluding hydrogens is 250 g/mol. The van der Waals surface area contributed by atoms with Crippen LogP contribution < -0.4 is 0 Å². The monoisotopic (exact) mass is 265 g/mol. The minimum Gasteiger partial charge on any atom is -0.250 e. The van der Waals surface area contributed by atoms with Gasteiger partial charge in [-0.3, -0.25) is 0 Å². The molecule has 0 N–H and O–H groups in total. The zero-order chi connectivity index (χ0) is 12.4. The highest BCUT2D eigenvalue weighted by atomic mass is 35.5. The highest BCUT2D eigenvalue weighted by Gasteiger charge is 2.12. The summed E-state index contributed by atoms with van der Waals surface area (Å²) in [6.45, 7) is 6.27. The van der Waals surface area contributed by atoms with Crippen molar-refractivity contribution < 1.29 is 0 Å². The number of benzene rings is 1. The normalized spacial score (nSPS) is 12.7. The van der Waals surface area contributed by atoms with Gasteiger partial charge in [-0.05, 0) is 43.9 Å². The van der Waals surface area contributed by atoms with E-state index in [1.165, 1.54) is 16.7 Å². The summed E-state index contributed by atoms with van der Waals surface area (Å²) in [5.74, 6) is 0. The van der Waals surface area contributed by atoms with Gasteiger partial charge in [0.2, 0.25) is 0 Å². The first-order valence-corrected chi connectivity index (χ1v) is 6.94. The van der Waals surface area contributed by atoms with Gasteiger partial charge in [0, 0.05) is 11.1 Å². The van der Waals surface area contributed by atoms with Crippen molar-refractivity contribution >= 4 is 22.9 Å². The number of halogens is 1. The van der Waals surface area contributed by atoms with Crippen LogP contribution >= 0.6 is 22.9 Å². The largest absolute Gasteiger partial charge is 0.250 e. The zero-order valence-corrected chi connectivity index (χ0v) is 11.9. The van der Waals surface area contributed by atoms with Crippen LogP contribution in [0, 0.1) is 20.8 Å². The predicted molar refractivity (Wildman–Crippen MR) is 75.1 cm³/mol. The Labute approximate surface area is 111 Å². The van der Waals surface area contributed by atoms with Gasteiger partial charge < -0.3 is 0 Å². The van der Waals surface area contributed by atoms with Gasteiger partial charge in [-0.25, -0.2) is 4.98 Å². The molecule has 0 bridgehead atoms. The maximum atomic E-state index is 6.42. The molecule has 0 amide bonds. The number of alkyl halides is 1. The van der Waals surface area contributed by atoms with Crippen LogP contribution in [0.4, 0.5) is 0 Å². The summed E-state index contributed by atoms with van der Waals surface area (Å²) in [6.07, 6.45) is 2.75. The first-order chi connectivity index (χ1) is 8.06. The third kappa shape index (κ3) is 3.08. The molecule has 17 heavy (non-hydrogen) atoms. The van der Waals surface area contributed by atoms with E-state index in [0.717, 1.165) is 16.3 Å². The summed E-state index contributed by atoms with van der Waals surface area (Å²) in [6, 6.07) is 6.54. The van der Waals surface area contributed by atoms with Crippen molar-refractivity contribution in [3.63, 3.8) is 0 Å². The Hall–Kier alpha value is -0.860. The van der Waals surface area contributed by atoms with Crippen LogP contribution in [0.5, 0.6) is 0 Å². The van der Waals surface area contributed by atoms with Gasteiger partial charge in [0.25, 0.3) is 0 Å². The molecule has 1 heterocycles. The van der Waals surface area contributed by atoms with E-state index in [-0.39, 0.29) is 5.38 Å². The summed E-state index contributed by atoms with van der Waals surface area (Å²) in [5.41, 5.74) is 3.94. The second kappa shape index (κ2) is 5.19. The van der Waals surface area contributed by atoms with E-state index >= 15 is 0 Å². The fraction of sp³-hybridized carbons (Fsp3) is 0.357. The highest BCUT2D eigenvalue weighted by Crippen LogP contribution is 2.29. The molecule has 0 aliphatic rings. The zero-order valence-electron chi connectivity index (χ0n) is 10.3. The van der Waals surface area contributed by atoms with Crippen LogP contribution in [-0.2, 0) is 6.42 Å². The fourth-order valence-corrected chi connectivity index (χ4v) is 2.89. The van der Waals surface area contributed by atoms with Gasteiger partial charge in [-0.1, -0.05) is 18.2 Å². The number of rotatable bonds is 3. The third-order valence-corrected chi connectivity index (χ3v) is 4.48. The summed E-state index contributed by atoms with van der Waals surface area (Å²) in [5, 5.41) is 1.11. The molecule has 1 atom stereocenters. The molecule has 2 rings (SSSR count). The molecule has 2 aromatic rings. The maximum absolute atomic E-state index is 6.42. The minimum atomic E-state index is 0.0308. The Morgan fingerprint density at radius 2 is 2.00 bits per heavy atom. The summed E-state index contributed by atoms with van der Waals surface area (Å²) in [4.78, 5) is 5.40. The molecular formula is C14H16ClNS. The number of aryl methyl sites for hydroxylation is 3. The smallest absolute Gasteiger partial charge is 0.0897 e. The lowest BCUT2D eigenvalue weighted by molar-refractivity contribution is 0.932. The van der Waals surface area contributed by atoms with E-state index in [2.05, 4.69) is 37.0 Å². The molecule has 0 radical (unpaired) electrons. The molecule has 1 aromatic heterocycles. The van der Waals surface area contributed by atoms with Gasteiger partial charge in [-0.2, -0.15) is 0 Å². The van der Waals surface area contributed by atoms with E-state index in [1.54, 1.807) is 11.3 Å². The van der Waals surface area contributed by atoms with Crippen LogP contribution in [0.25, 0.3) is 0 Å². The summed E-state index contributed by atoms with van der Waals surface area (Å²) < 4.78 is 0. The van der Waals surface area contributed by atoms with Crippen molar-refractivity contribution in [3.05, 3.63) is 51.0 Å². The van der Waals surface area contributed by atoms with Crippen molar-refractivity contribution in [1.82, 2.24) is 4.98 Å². The van der Waals surface area contributed by atoms with Crippen LogP contribution in [0.15, 0.2) is 24.4 Å². The number of hydrogen-bond acceptors (Lipinski definition) is 2. The molecule has 90 valence electrons. The van der Waals surface area contributed by atoms with Gasteiger partial charge in [0.05, 0.1) is 10.4 Å². The first-order valence-electron chi connectivity index (χ1n) is 5.69. The molecule has 1 aromatic carbocycles. The Morgan fingerprint density at radius 3 is 2.59 bits per heavy atom. The number of aromatic nitrogens is 1. The Morgan fingerprint density at radius 1 is 1.24 bits per heavy atom. The van der Waals surface area contributed by atoms with Crippen LogP contribution in [0.3, 0.4) is 0 Å². The van der Waals surface area contributed by atoms with Crippen molar-refractivity contribution in [3.8, 4) is 0 Å². The minimum absolute atomic E-state index is 0.0308. The second-order valence-corrected chi connectivity index (χ2v) is 6.17. The van der Waals surface area contributed by atoms with Crippen LogP contribution in [-0.4, -0.2) is 4.98 Å². The first kappa shape index (κ1) is 12.6. The van der Waals surface area contributed by atoms with E-state index in [1.807, 2.05) is 13.1 Å². The molecule has 1 nitrogen and oxygen atoms in total. The van der Waals surface area contributed by atoms with Crippen molar-refractivity contribution in [2.75, 3.05) is 0 Å². The molecule has 0 spiro atoms. The molecule has 0 aliphatic heterocycles. The topological polar surface area (TPSA) is 12.9 Å². The fourth-order valence-electron chi connectivity index (χ4n) is 1.76. The number of thiazole rings is 1. The average Bonchev–Trinajstić information content (AvgIpc) is 2.70. The standard InChI is InChI=1S/C14H16ClNS/c1-9-4-5-12(6-10(9)2)7-13(15)14-8-16-11(3)17-14/h4-6,8,13H,7H2,1-3H3. The van der Waals surface area contributed by atoms with Gasteiger partial charge in [-0.15, -0.1) is 22.9 Å². The van der Waals surface area contributed by atoms with Crippen molar-refractivity contribution in [2.24, 2.45) is 0 Å². The number of hydrogen-bond donors (Lipinski definition) is 0. The lowest BCUT2D eigenvalue weighted by Crippen LogP contribution is -1.94. The molecule has 0 saturated heterocycles. The second-order valence-electron chi connectivity index (χ2n) is 4.37. The summed E-state index contributed by atoms with van der Waals surface area (Å²) >= 11 is 8.10. The number of nitrogens with zero attached hydrogens (tertiary/aromatic N) is 1. The van der Waals surface area contributed by atoms with Crippen LogP contribution in [0.1, 0.15) is 32.0 Å². The maximum Gasteiger partial charge on any atom is 0.0897 e. The quantitative estimate of drug-likeness (QED) is 0.740. The summed E-state index contributed by atoms with van der Waals surface area (Å²) in [7, 11) is 0. The SMILES string of the molecule is Cc1ncc(C(Cl)Cc2ccc(C)c(C)c2)s1. The molecule has 0 aliphatic carbocycles. The van der Waals surface area contributed by atoms with Gasteiger partial charge in [0.1, 0.15) is 0 Å². The van der Waals surface area contributed by atoms with E-state index < -0.39 is 0 Å². The lowest BCUT2D eigenvalue weighted by Gasteiger charge is -2.08. The average molecular weight is 266 g/mol. The Balaban J connectivity index is 2.12. The molecule has 1 unspecified atom stereocenters. The molecule has 0 fully saturated rings. The van der Waals surface area contributed by atoms with Crippen LogP contribution in [0.2, 0.25) is 0 Å². The Bertz CT molecular complexity index is 519. The van der Waals surface area contributed by atoms with E-state index in [0.29, 0.717) is 0 Å². The highest BCUT2D eigenvalue weighted by molar-refractivity contribution is 7.11. The van der Waals surface area contributed by atoms with Crippen molar-refractivity contribution in [2.45, 2.75) is 32.6 Å². The van der Waals surface area contributed by atoms with E-state index in [4.69, 9.17) is 11.6 Å².